The number of rotatable bonds is 8. The molecular weight excluding hydrogens is 320 g/mol. The highest BCUT2D eigenvalue weighted by molar-refractivity contribution is 4.92. The molecule has 0 saturated carbocycles. The number of aliphatic hydroxyl groups excluding tert-OH is 8. The second kappa shape index (κ2) is 8.60. The van der Waals surface area contributed by atoms with Gasteiger partial charge in [0.25, 0.3) is 0 Å². The maximum absolute atomic E-state index is 10.1. The van der Waals surface area contributed by atoms with Crippen LogP contribution in [0.4, 0.5) is 0 Å². The zero-order valence-corrected chi connectivity index (χ0v) is 12.2. The lowest BCUT2D eigenvalue weighted by molar-refractivity contribution is -0.314. The summed E-state index contributed by atoms with van der Waals surface area (Å²) in [6.45, 7) is -3.46. The Labute approximate surface area is 131 Å². The average molecular weight is 344 g/mol. The van der Waals surface area contributed by atoms with E-state index in [1.54, 1.807) is 0 Å². The Bertz CT molecular complexity index is 354. The molecule has 0 radical (unpaired) electrons. The van der Waals surface area contributed by atoms with Crippen molar-refractivity contribution in [2.24, 2.45) is 0 Å². The molecule has 0 bridgehead atoms. The minimum absolute atomic E-state index is 0.680. The first-order chi connectivity index (χ1) is 10.7. The van der Waals surface area contributed by atoms with E-state index in [9.17, 15) is 35.7 Å². The minimum Gasteiger partial charge on any atom is -0.394 e. The van der Waals surface area contributed by atoms with Crippen molar-refractivity contribution >= 4 is 0 Å². The molecule has 1 saturated heterocycles. The predicted molar refractivity (Wildman–Crippen MR) is 70.9 cm³/mol. The topological polar surface area (TPSA) is 201 Å². The molecule has 0 aromatic carbocycles. The molecule has 0 aromatic rings. The zero-order valence-electron chi connectivity index (χ0n) is 12.2. The summed E-state index contributed by atoms with van der Waals surface area (Å²) in [6.07, 6.45) is -11.5. The standard InChI is InChI=1S/C12H24O11/c13-1-5(16)10(20)12(21,3-15)4-22-11-9(19)8(18)7(17)6(2-14)23-11/h5-11,13-21H,1-4H2/t5-,6-,7+,8+,9-,10-,11+,12-/m1/s1. The lowest BCUT2D eigenvalue weighted by Gasteiger charge is -2.41. The van der Waals surface area contributed by atoms with Crippen LogP contribution in [0.15, 0.2) is 0 Å². The summed E-state index contributed by atoms with van der Waals surface area (Å²) in [5.74, 6) is 0. The quantitative estimate of drug-likeness (QED) is 0.203. The molecule has 11 nitrogen and oxygen atoms in total. The second-order valence-corrected chi connectivity index (χ2v) is 5.46. The van der Waals surface area contributed by atoms with Gasteiger partial charge in [0, 0.05) is 0 Å². The summed E-state index contributed by atoms with van der Waals surface area (Å²) in [4.78, 5) is 0. The summed E-state index contributed by atoms with van der Waals surface area (Å²) in [5, 5.41) is 85.0. The third-order valence-corrected chi connectivity index (χ3v) is 3.72. The van der Waals surface area contributed by atoms with Crippen molar-refractivity contribution in [2.75, 3.05) is 26.4 Å². The maximum atomic E-state index is 10.1. The van der Waals surface area contributed by atoms with E-state index in [1.165, 1.54) is 0 Å². The molecule has 11 heteroatoms. The molecule has 1 heterocycles. The number of hydrogen-bond acceptors (Lipinski definition) is 11. The fourth-order valence-corrected chi connectivity index (χ4v) is 2.11. The number of aliphatic hydroxyl groups is 9. The summed E-state index contributed by atoms with van der Waals surface area (Å²) >= 11 is 0. The molecule has 0 aromatic heterocycles. The van der Waals surface area contributed by atoms with Crippen molar-refractivity contribution in [3.05, 3.63) is 0 Å². The Balaban J connectivity index is 2.73. The van der Waals surface area contributed by atoms with Crippen LogP contribution >= 0.6 is 0 Å². The van der Waals surface area contributed by atoms with Gasteiger partial charge in [0.05, 0.1) is 26.4 Å². The fraction of sp³-hybridized carbons (Fsp3) is 1.00. The van der Waals surface area contributed by atoms with Crippen LogP contribution < -0.4 is 0 Å². The Morgan fingerprint density at radius 3 is 2.09 bits per heavy atom. The highest BCUT2D eigenvalue weighted by Crippen LogP contribution is 2.24. The van der Waals surface area contributed by atoms with Crippen LogP contribution in [0.1, 0.15) is 0 Å². The van der Waals surface area contributed by atoms with Crippen LogP contribution in [0.3, 0.4) is 0 Å². The third kappa shape index (κ3) is 4.55. The first-order valence-electron chi connectivity index (χ1n) is 6.94. The van der Waals surface area contributed by atoms with Crippen LogP contribution in [0.5, 0.6) is 0 Å². The molecule has 1 aliphatic rings. The van der Waals surface area contributed by atoms with Crippen LogP contribution in [-0.2, 0) is 9.47 Å². The van der Waals surface area contributed by atoms with E-state index in [0.717, 1.165) is 0 Å². The molecule has 1 fully saturated rings. The van der Waals surface area contributed by atoms with Crippen LogP contribution in [0.25, 0.3) is 0 Å². The van der Waals surface area contributed by atoms with Gasteiger partial charge < -0.3 is 55.4 Å². The molecule has 9 N–H and O–H groups in total. The monoisotopic (exact) mass is 344 g/mol. The lowest BCUT2D eigenvalue weighted by Crippen LogP contribution is -2.61. The van der Waals surface area contributed by atoms with Crippen molar-refractivity contribution in [2.45, 2.75) is 48.5 Å². The zero-order chi connectivity index (χ0) is 17.8. The van der Waals surface area contributed by atoms with Gasteiger partial charge >= 0.3 is 0 Å². The van der Waals surface area contributed by atoms with Gasteiger partial charge in [-0.1, -0.05) is 0 Å². The van der Waals surface area contributed by atoms with Crippen LogP contribution in [0.2, 0.25) is 0 Å². The highest BCUT2D eigenvalue weighted by atomic mass is 16.7. The molecule has 138 valence electrons. The predicted octanol–water partition coefficient (Wildman–Crippen LogP) is -5.76. The molecular formula is C12H24O11. The van der Waals surface area contributed by atoms with Gasteiger partial charge in [-0.3, -0.25) is 0 Å². The van der Waals surface area contributed by atoms with E-state index < -0.39 is 74.9 Å². The Kier molecular flexibility index (Phi) is 7.70. The fourth-order valence-electron chi connectivity index (χ4n) is 2.11. The summed E-state index contributed by atoms with van der Waals surface area (Å²) in [7, 11) is 0. The normalized spacial score (nSPS) is 37.2. The largest absolute Gasteiger partial charge is 0.394 e. The first kappa shape index (κ1) is 20.6. The minimum atomic E-state index is -2.39. The third-order valence-electron chi connectivity index (χ3n) is 3.72. The van der Waals surface area contributed by atoms with Crippen LogP contribution in [0, 0.1) is 0 Å². The molecule has 0 spiro atoms. The molecule has 1 aliphatic heterocycles. The summed E-state index contributed by atoms with van der Waals surface area (Å²) in [5.41, 5.74) is -2.39. The first-order valence-corrected chi connectivity index (χ1v) is 6.94. The van der Waals surface area contributed by atoms with Gasteiger partial charge in [-0.2, -0.15) is 0 Å². The maximum Gasteiger partial charge on any atom is 0.186 e. The van der Waals surface area contributed by atoms with Crippen molar-refractivity contribution in [1.82, 2.24) is 0 Å². The van der Waals surface area contributed by atoms with E-state index in [2.05, 4.69) is 0 Å². The molecule has 1 rings (SSSR count). The molecule has 0 unspecified atom stereocenters. The highest BCUT2D eigenvalue weighted by Gasteiger charge is 2.46. The van der Waals surface area contributed by atoms with E-state index >= 15 is 0 Å². The Morgan fingerprint density at radius 2 is 1.61 bits per heavy atom. The van der Waals surface area contributed by atoms with E-state index in [1.807, 2.05) is 0 Å². The summed E-state index contributed by atoms with van der Waals surface area (Å²) in [6, 6.07) is 0. The van der Waals surface area contributed by atoms with Crippen LogP contribution in [-0.4, -0.2) is 121 Å². The van der Waals surface area contributed by atoms with Crippen molar-refractivity contribution < 1.29 is 55.4 Å². The van der Waals surface area contributed by atoms with Gasteiger partial charge in [0.15, 0.2) is 6.29 Å². The van der Waals surface area contributed by atoms with Crippen molar-refractivity contribution in [1.29, 1.82) is 0 Å². The van der Waals surface area contributed by atoms with Crippen molar-refractivity contribution in [3.8, 4) is 0 Å². The van der Waals surface area contributed by atoms with Crippen molar-refractivity contribution in [3.63, 3.8) is 0 Å². The Morgan fingerprint density at radius 1 is 1.00 bits per heavy atom. The number of ether oxygens (including phenoxy) is 2. The van der Waals surface area contributed by atoms with E-state index in [0.29, 0.717) is 0 Å². The van der Waals surface area contributed by atoms with E-state index in [4.69, 9.17) is 19.7 Å². The smallest absolute Gasteiger partial charge is 0.186 e. The summed E-state index contributed by atoms with van der Waals surface area (Å²) < 4.78 is 10.0. The van der Waals surface area contributed by atoms with E-state index in [-0.39, 0.29) is 0 Å². The lowest BCUT2D eigenvalue weighted by atomic mass is 9.94. The SMILES string of the molecule is OC[C@@H](O)[C@@H](O)[C@@](O)(CO)CO[C@H]1O[C@H](CO)[C@H](O)[C@H](O)[C@H]1O. The molecule has 23 heavy (non-hydrogen) atoms. The van der Waals surface area contributed by atoms with Gasteiger partial charge in [-0.15, -0.1) is 0 Å². The molecule has 0 aliphatic carbocycles. The van der Waals surface area contributed by atoms with Gasteiger partial charge in [0.2, 0.25) is 0 Å². The second-order valence-electron chi connectivity index (χ2n) is 5.46. The molecule has 0 amide bonds. The average Bonchev–Trinajstić information content (AvgIpc) is 2.57. The Hall–Kier alpha value is -0.440. The molecule has 8 atom stereocenters. The van der Waals surface area contributed by atoms with Gasteiger partial charge in [0.1, 0.15) is 42.2 Å². The van der Waals surface area contributed by atoms with Gasteiger partial charge in [-0.05, 0) is 0 Å². The van der Waals surface area contributed by atoms with Gasteiger partial charge in [-0.25, -0.2) is 0 Å². The number of hydrogen-bond donors (Lipinski definition) is 9.